The van der Waals surface area contributed by atoms with Crippen molar-refractivity contribution in [3.05, 3.63) is 0 Å². The number of hydrogen-bond donors (Lipinski definition) is 2. The van der Waals surface area contributed by atoms with Crippen molar-refractivity contribution in [2.75, 3.05) is 26.2 Å². The summed E-state index contributed by atoms with van der Waals surface area (Å²) in [5, 5.41) is 7.30. The van der Waals surface area contributed by atoms with Gasteiger partial charge < -0.3 is 20.3 Å². The first-order chi connectivity index (χ1) is 12.1. The minimum Gasteiger partial charge on any atom is -0.378 e. The smallest absolute Gasteiger partial charge is 0.219 e. The van der Waals surface area contributed by atoms with Crippen LogP contribution in [0.4, 0.5) is 0 Å². The van der Waals surface area contributed by atoms with Gasteiger partial charge in [-0.05, 0) is 46.0 Å². The maximum atomic E-state index is 11.5. The Morgan fingerprint density at radius 3 is 2.48 bits per heavy atom. The van der Waals surface area contributed by atoms with Crippen LogP contribution in [-0.2, 0) is 9.53 Å². The van der Waals surface area contributed by atoms with Gasteiger partial charge in [-0.25, -0.2) is 0 Å². The monoisotopic (exact) mass is 350 g/mol. The summed E-state index contributed by atoms with van der Waals surface area (Å²) >= 11 is 0. The fourth-order valence-electron chi connectivity index (χ4n) is 4.63. The molecule has 0 aromatic heterocycles. The van der Waals surface area contributed by atoms with Gasteiger partial charge in [0.1, 0.15) is 0 Å². The zero-order valence-corrected chi connectivity index (χ0v) is 16.0. The molecule has 0 aromatic rings. The topological polar surface area (TPSA) is 66.0 Å². The van der Waals surface area contributed by atoms with Crippen LogP contribution in [0.3, 0.4) is 0 Å². The summed E-state index contributed by atoms with van der Waals surface area (Å²) in [6.07, 6.45) is 7.34. The van der Waals surface area contributed by atoms with Crippen molar-refractivity contribution >= 4 is 11.9 Å². The van der Waals surface area contributed by atoms with Gasteiger partial charge in [0, 0.05) is 50.7 Å². The van der Waals surface area contributed by atoms with E-state index in [1.165, 1.54) is 19.3 Å². The maximum absolute atomic E-state index is 11.5. The molecule has 1 saturated heterocycles. The lowest BCUT2D eigenvalue weighted by molar-refractivity contribution is -0.168. The van der Waals surface area contributed by atoms with Crippen LogP contribution in [0.1, 0.15) is 59.3 Å². The zero-order valence-electron chi connectivity index (χ0n) is 16.0. The lowest BCUT2D eigenvalue weighted by Gasteiger charge is -2.61. The van der Waals surface area contributed by atoms with E-state index in [4.69, 9.17) is 4.74 Å². The SMILES string of the molecule is CCN=C(NC1CCN(C(C)=O)CC1)NC1CC(OCC)C12CCC2. The van der Waals surface area contributed by atoms with Gasteiger partial charge in [0.05, 0.1) is 6.10 Å². The molecule has 6 heteroatoms. The van der Waals surface area contributed by atoms with Crippen molar-refractivity contribution in [3.8, 4) is 0 Å². The van der Waals surface area contributed by atoms with E-state index in [0.29, 0.717) is 23.6 Å². The molecule has 3 aliphatic rings. The summed E-state index contributed by atoms with van der Waals surface area (Å²) in [6, 6.07) is 0.876. The highest BCUT2D eigenvalue weighted by molar-refractivity contribution is 5.81. The molecule has 142 valence electrons. The largest absolute Gasteiger partial charge is 0.378 e. The number of ether oxygens (including phenoxy) is 1. The van der Waals surface area contributed by atoms with E-state index in [0.717, 1.165) is 51.5 Å². The predicted octanol–water partition coefficient (Wildman–Crippen LogP) is 1.90. The Kier molecular flexibility index (Phi) is 5.87. The quantitative estimate of drug-likeness (QED) is 0.587. The van der Waals surface area contributed by atoms with Crippen LogP contribution >= 0.6 is 0 Å². The average Bonchev–Trinajstić information content (AvgIpc) is 2.53. The minimum absolute atomic E-state index is 0.183. The Bertz CT molecular complexity index is 496. The van der Waals surface area contributed by atoms with E-state index in [2.05, 4.69) is 29.5 Å². The molecule has 2 N–H and O–H groups in total. The molecule has 3 fully saturated rings. The van der Waals surface area contributed by atoms with Crippen LogP contribution in [0.2, 0.25) is 0 Å². The molecule has 0 aromatic carbocycles. The van der Waals surface area contributed by atoms with Gasteiger partial charge in [-0.1, -0.05) is 6.42 Å². The van der Waals surface area contributed by atoms with Crippen LogP contribution in [0.15, 0.2) is 4.99 Å². The summed E-state index contributed by atoms with van der Waals surface area (Å²) in [6.45, 7) is 9.08. The summed E-state index contributed by atoms with van der Waals surface area (Å²) < 4.78 is 5.95. The van der Waals surface area contributed by atoms with Crippen LogP contribution < -0.4 is 10.6 Å². The first-order valence-corrected chi connectivity index (χ1v) is 10.0. The second-order valence-corrected chi connectivity index (χ2v) is 7.71. The Morgan fingerprint density at radius 1 is 1.24 bits per heavy atom. The van der Waals surface area contributed by atoms with Crippen molar-refractivity contribution in [2.45, 2.75) is 77.5 Å². The Hall–Kier alpha value is -1.30. The number of piperidine rings is 1. The third kappa shape index (κ3) is 3.78. The average molecular weight is 351 g/mol. The molecule has 1 heterocycles. The number of likely N-dealkylation sites (tertiary alicyclic amines) is 1. The Balaban J connectivity index is 1.53. The molecular formula is C19H34N4O2. The van der Waals surface area contributed by atoms with Gasteiger partial charge in [0.15, 0.2) is 5.96 Å². The molecule has 0 radical (unpaired) electrons. The second-order valence-electron chi connectivity index (χ2n) is 7.71. The highest BCUT2D eigenvalue weighted by Crippen LogP contribution is 2.57. The Morgan fingerprint density at radius 2 is 1.96 bits per heavy atom. The van der Waals surface area contributed by atoms with E-state index in [1.54, 1.807) is 6.92 Å². The molecule has 2 atom stereocenters. The first-order valence-electron chi connectivity index (χ1n) is 10.0. The highest BCUT2D eigenvalue weighted by Gasteiger charge is 2.59. The molecular weight excluding hydrogens is 316 g/mol. The molecule has 6 nitrogen and oxygen atoms in total. The number of guanidine groups is 1. The standard InChI is InChI=1S/C19H34N4O2/c1-4-20-18(21-15-7-11-23(12-8-15)14(3)24)22-16-13-17(25-5-2)19(16)9-6-10-19/h15-17H,4-13H2,1-3H3,(H2,20,21,22). The molecule has 2 saturated carbocycles. The van der Waals surface area contributed by atoms with E-state index >= 15 is 0 Å². The van der Waals surface area contributed by atoms with Gasteiger partial charge in [0.2, 0.25) is 5.91 Å². The van der Waals surface area contributed by atoms with Gasteiger partial charge in [-0.3, -0.25) is 9.79 Å². The third-order valence-electron chi connectivity index (χ3n) is 6.35. The molecule has 1 spiro atoms. The molecule has 2 unspecified atom stereocenters. The molecule has 25 heavy (non-hydrogen) atoms. The number of aliphatic imine (C=N–C) groups is 1. The lowest BCUT2D eigenvalue weighted by atomic mass is 9.51. The number of carbonyl (C=O) groups is 1. The van der Waals surface area contributed by atoms with Gasteiger partial charge in [-0.2, -0.15) is 0 Å². The number of hydrogen-bond acceptors (Lipinski definition) is 3. The predicted molar refractivity (Wildman–Crippen MR) is 99.6 cm³/mol. The maximum Gasteiger partial charge on any atom is 0.219 e. The van der Waals surface area contributed by atoms with Crippen molar-refractivity contribution in [1.82, 2.24) is 15.5 Å². The molecule has 0 bridgehead atoms. The molecule has 3 rings (SSSR count). The van der Waals surface area contributed by atoms with Gasteiger partial charge in [0.25, 0.3) is 0 Å². The number of rotatable bonds is 5. The number of nitrogens with zero attached hydrogens (tertiary/aromatic N) is 2. The fraction of sp³-hybridized carbons (Fsp3) is 0.895. The third-order valence-corrected chi connectivity index (χ3v) is 6.35. The van der Waals surface area contributed by atoms with Crippen LogP contribution in [0, 0.1) is 5.41 Å². The van der Waals surface area contributed by atoms with E-state index in [9.17, 15) is 4.79 Å². The summed E-state index contributed by atoms with van der Waals surface area (Å²) in [4.78, 5) is 18.1. The Labute approximate surface area is 151 Å². The van der Waals surface area contributed by atoms with Gasteiger partial charge >= 0.3 is 0 Å². The van der Waals surface area contributed by atoms with Crippen LogP contribution in [0.5, 0.6) is 0 Å². The van der Waals surface area contributed by atoms with E-state index < -0.39 is 0 Å². The normalized spacial score (nSPS) is 29.1. The van der Waals surface area contributed by atoms with Crippen molar-refractivity contribution in [2.24, 2.45) is 10.4 Å². The second kappa shape index (κ2) is 7.94. The molecule has 1 amide bonds. The van der Waals surface area contributed by atoms with Crippen molar-refractivity contribution in [1.29, 1.82) is 0 Å². The van der Waals surface area contributed by atoms with Crippen molar-refractivity contribution in [3.63, 3.8) is 0 Å². The minimum atomic E-state index is 0.183. The number of carbonyl (C=O) groups excluding carboxylic acids is 1. The fourth-order valence-corrected chi connectivity index (χ4v) is 4.63. The van der Waals surface area contributed by atoms with Crippen LogP contribution in [0.25, 0.3) is 0 Å². The summed E-state index contributed by atoms with van der Waals surface area (Å²) in [7, 11) is 0. The van der Waals surface area contributed by atoms with Crippen molar-refractivity contribution < 1.29 is 9.53 Å². The van der Waals surface area contributed by atoms with Gasteiger partial charge in [-0.15, -0.1) is 0 Å². The number of amides is 1. The first kappa shape index (κ1) is 18.5. The molecule has 2 aliphatic carbocycles. The summed E-state index contributed by atoms with van der Waals surface area (Å²) in [5.41, 5.74) is 0.337. The number of nitrogens with one attached hydrogen (secondary N) is 2. The van der Waals surface area contributed by atoms with E-state index in [-0.39, 0.29) is 5.91 Å². The summed E-state index contributed by atoms with van der Waals surface area (Å²) in [5.74, 6) is 1.12. The zero-order chi connectivity index (χ0) is 17.9. The van der Waals surface area contributed by atoms with E-state index in [1.807, 2.05) is 4.90 Å². The lowest BCUT2D eigenvalue weighted by Crippen LogP contribution is -2.69. The van der Waals surface area contributed by atoms with Crippen LogP contribution in [-0.4, -0.2) is 61.2 Å². The highest BCUT2D eigenvalue weighted by atomic mass is 16.5. The molecule has 1 aliphatic heterocycles.